The van der Waals surface area contributed by atoms with Crippen LogP contribution in [0.5, 0.6) is 5.75 Å². The minimum absolute atomic E-state index is 0.0527. The van der Waals surface area contributed by atoms with E-state index in [2.05, 4.69) is 27.8 Å². The van der Waals surface area contributed by atoms with Crippen molar-refractivity contribution in [3.63, 3.8) is 0 Å². The summed E-state index contributed by atoms with van der Waals surface area (Å²) in [5.74, 6) is -1.81. The lowest BCUT2D eigenvalue weighted by Gasteiger charge is -2.25. The van der Waals surface area contributed by atoms with E-state index in [0.717, 1.165) is 4.90 Å². The molecule has 4 amide bonds. The molecule has 0 saturated carbocycles. The number of barbiturate groups is 1. The van der Waals surface area contributed by atoms with Crippen molar-refractivity contribution in [2.45, 2.75) is 6.61 Å². The maximum absolute atomic E-state index is 14.0. The normalized spacial score (nSPS) is 15.4. The van der Waals surface area contributed by atoms with Gasteiger partial charge in [0, 0.05) is 22.1 Å². The minimum atomic E-state index is -0.826. The van der Waals surface area contributed by atoms with Crippen LogP contribution in [-0.4, -0.2) is 29.3 Å². The number of nitrogens with zero attached hydrogens (tertiary/aromatic N) is 1. The molecular weight excluding hydrogens is 479 g/mol. The summed E-state index contributed by atoms with van der Waals surface area (Å²) < 4.78 is 20.4. The fourth-order valence-electron chi connectivity index (χ4n) is 2.73. The molecular formula is C21H15BrClFN2O4. The Hall–Kier alpha value is -2.97. The average molecular weight is 494 g/mol. The van der Waals surface area contributed by atoms with E-state index in [4.69, 9.17) is 16.3 Å². The van der Waals surface area contributed by atoms with E-state index in [1.807, 2.05) is 0 Å². The summed E-state index contributed by atoms with van der Waals surface area (Å²) in [6, 6.07) is 8.40. The van der Waals surface area contributed by atoms with Crippen molar-refractivity contribution in [2.24, 2.45) is 0 Å². The first-order chi connectivity index (χ1) is 14.3. The third-order valence-corrected chi connectivity index (χ3v) is 5.05. The quantitative estimate of drug-likeness (QED) is 0.366. The molecule has 2 aromatic carbocycles. The van der Waals surface area contributed by atoms with E-state index in [0.29, 0.717) is 10.0 Å². The number of rotatable bonds is 6. The monoisotopic (exact) mass is 492 g/mol. The highest BCUT2D eigenvalue weighted by Gasteiger charge is 2.35. The summed E-state index contributed by atoms with van der Waals surface area (Å²) in [4.78, 5) is 37.6. The van der Waals surface area contributed by atoms with E-state index in [1.54, 1.807) is 24.3 Å². The SMILES string of the molecule is C=CCN1C(=O)NC(=O)/C(=C/c2cc(Br)ccc2OCc2c(F)cccc2Cl)C1=O. The van der Waals surface area contributed by atoms with Crippen LogP contribution in [0.1, 0.15) is 11.1 Å². The number of hydrogen-bond acceptors (Lipinski definition) is 4. The minimum Gasteiger partial charge on any atom is -0.488 e. The Morgan fingerprint density at radius 3 is 2.70 bits per heavy atom. The van der Waals surface area contributed by atoms with Crippen molar-refractivity contribution < 1.29 is 23.5 Å². The average Bonchev–Trinajstić information content (AvgIpc) is 2.69. The molecule has 1 fully saturated rings. The topological polar surface area (TPSA) is 75.7 Å². The van der Waals surface area contributed by atoms with Crippen molar-refractivity contribution >= 4 is 51.5 Å². The Morgan fingerprint density at radius 1 is 1.23 bits per heavy atom. The molecule has 1 aliphatic heterocycles. The predicted octanol–water partition coefficient (Wildman–Crippen LogP) is 4.47. The zero-order chi connectivity index (χ0) is 21.8. The van der Waals surface area contributed by atoms with Gasteiger partial charge < -0.3 is 4.74 Å². The van der Waals surface area contributed by atoms with Crippen molar-refractivity contribution in [3.05, 3.63) is 81.1 Å². The number of urea groups is 1. The van der Waals surface area contributed by atoms with Gasteiger partial charge in [-0.1, -0.05) is 39.7 Å². The number of halogens is 3. The molecule has 3 rings (SSSR count). The molecule has 2 aromatic rings. The van der Waals surface area contributed by atoms with Gasteiger partial charge in [-0.05, 0) is 36.4 Å². The molecule has 6 nitrogen and oxygen atoms in total. The van der Waals surface area contributed by atoms with Crippen molar-refractivity contribution in [2.75, 3.05) is 6.54 Å². The van der Waals surface area contributed by atoms with Gasteiger partial charge in [0.2, 0.25) is 0 Å². The van der Waals surface area contributed by atoms with Gasteiger partial charge >= 0.3 is 6.03 Å². The third kappa shape index (κ3) is 4.60. The summed E-state index contributed by atoms with van der Waals surface area (Å²) in [6.07, 6.45) is 2.68. The maximum Gasteiger partial charge on any atom is 0.331 e. The summed E-state index contributed by atoms with van der Waals surface area (Å²) in [6.45, 7) is 3.28. The highest BCUT2D eigenvalue weighted by Crippen LogP contribution is 2.29. The summed E-state index contributed by atoms with van der Waals surface area (Å²) in [5, 5.41) is 2.33. The van der Waals surface area contributed by atoms with Crippen molar-refractivity contribution in [1.29, 1.82) is 0 Å². The second-order valence-corrected chi connectivity index (χ2v) is 7.52. The fourth-order valence-corrected chi connectivity index (χ4v) is 3.32. The Bertz CT molecular complexity index is 1070. The Labute approximate surface area is 185 Å². The van der Waals surface area contributed by atoms with Gasteiger partial charge in [-0.2, -0.15) is 0 Å². The van der Waals surface area contributed by atoms with Crippen LogP contribution in [0.4, 0.5) is 9.18 Å². The predicted molar refractivity (Wildman–Crippen MR) is 113 cm³/mol. The van der Waals surface area contributed by atoms with Gasteiger partial charge in [-0.3, -0.25) is 19.8 Å². The van der Waals surface area contributed by atoms with Gasteiger partial charge in [0.15, 0.2) is 0 Å². The highest BCUT2D eigenvalue weighted by molar-refractivity contribution is 9.10. The number of carbonyl (C=O) groups is 3. The first kappa shape index (κ1) is 21.7. The lowest BCUT2D eigenvalue weighted by atomic mass is 10.1. The van der Waals surface area contributed by atoms with Crippen LogP contribution >= 0.6 is 27.5 Å². The molecule has 1 N–H and O–H groups in total. The Balaban J connectivity index is 1.95. The van der Waals surface area contributed by atoms with E-state index < -0.39 is 23.7 Å². The lowest BCUT2D eigenvalue weighted by molar-refractivity contribution is -0.129. The summed E-state index contributed by atoms with van der Waals surface area (Å²) in [5.41, 5.74) is 0.307. The Kier molecular flexibility index (Phi) is 6.69. The second kappa shape index (κ2) is 9.23. The van der Waals surface area contributed by atoms with Gasteiger partial charge in [-0.25, -0.2) is 9.18 Å². The molecule has 1 heterocycles. The zero-order valence-corrected chi connectivity index (χ0v) is 17.8. The van der Waals surface area contributed by atoms with Gasteiger partial charge in [0.1, 0.15) is 23.7 Å². The maximum atomic E-state index is 14.0. The molecule has 9 heteroatoms. The smallest absolute Gasteiger partial charge is 0.331 e. The van der Waals surface area contributed by atoms with Crippen LogP contribution in [-0.2, 0) is 16.2 Å². The third-order valence-electron chi connectivity index (χ3n) is 4.20. The molecule has 154 valence electrons. The molecule has 0 spiro atoms. The van der Waals surface area contributed by atoms with Crippen LogP contribution in [0.2, 0.25) is 5.02 Å². The Morgan fingerprint density at radius 2 is 2.00 bits per heavy atom. The van der Waals surface area contributed by atoms with Crippen LogP contribution < -0.4 is 10.1 Å². The van der Waals surface area contributed by atoms with Crippen LogP contribution in [0.15, 0.2) is 59.1 Å². The van der Waals surface area contributed by atoms with E-state index >= 15 is 0 Å². The van der Waals surface area contributed by atoms with Gasteiger partial charge in [0.05, 0.1) is 5.02 Å². The standard InChI is InChI=1S/C21H15BrClFN2O4/c1-2-8-26-20(28)14(19(27)25-21(26)29)10-12-9-13(22)6-7-18(12)30-11-15-16(23)4-3-5-17(15)24/h2-7,9-10H,1,8,11H2,(H,25,27,29)/b14-10-. The molecule has 0 unspecified atom stereocenters. The highest BCUT2D eigenvalue weighted by atomic mass is 79.9. The van der Waals surface area contributed by atoms with E-state index in [1.165, 1.54) is 24.3 Å². The summed E-state index contributed by atoms with van der Waals surface area (Å²) >= 11 is 9.36. The van der Waals surface area contributed by atoms with E-state index in [9.17, 15) is 18.8 Å². The number of amides is 4. The molecule has 1 aliphatic rings. The number of ether oxygens (including phenoxy) is 1. The van der Waals surface area contributed by atoms with Crippen molar-refractivity contribution in [1.82, 2.24) is 10.2 Å². The molecule has 0 radical (unpaired) electrons. The van der Waals surface area contributed by atoms with Crippen LogP contribution in [0.25, 0.3) is 6.08 Å². The molecule has 30 heavy (non-hydrogen) atoms. The first-order valence-electron chi connectivity index (χ1n) is 8.67. The zero-order valence-electron chi connectivity index (χ0n) is 15.5. The number of hydrogen-bond donors (Lipinski definition) is 1. The number of carbonyl (C=O) groups excluding carboxylic acids is 3. The summed E-state index contributed by atoms with van der Waals surface area (Å²) in [7, 11) is 0. The van der Waals surface area contributed by atoms with Crippen LogP contribution in [0.3, 0.4) is 0 Å². The molecule has 0 aliphatic carbocycles. The van der Waals surface area contributed by atoms with Gasteiger partial charge in [0.25, 0.3) is 11.8 Å². The van der Waals surface area contributed by atoms with Crippen molar-refractivity contribution in [3.8, 4) is 5.75 Å². The number of benzene rings is 2. The first-order valence-corrected chi connectivity index (χ1v) is 9.84. The number of imide groups is 2. The van der Waals surface area contributed by atoms with E-state index in [-0.39, 0.29) is 35.1 Å². The molecule has 0 atom stereocenters. The fraction of sp³-hybridized carbons (Fsp3) is 0.0952. The van der Waals surface area contributed by atoms with Gasteiger partial charge in [-0.15, -0.1) is 6.58 Å². The number of nitrogens with one attached hydrogen (secondary N) is 1. The van der Waals surface area contributed by atoms with Crippen LogP contribution in [0, 0.1) is 5.82 Å². The largest absolute Gasteiger partial charge is 0.488 e. The molecule has 0 aromatic heterocycles. The lowest BCUT2D eigenvalue weighted by Crippen LogP contribution is -2.54. The molecule has 0 bridgehead atoms. The molecule has 1 saturated heterocycles. The second-order valence-electron chi connectivity index (χ2n) is 6.19.